The fourth-order valence-corrected chi connectivity index (χ4v) is 6.71. The minimum absolute atomic E-state index is 0.0166. The second-order valence-electron chi connectivity index (χ2n) is 11.8. The largest absolute Gasteiger partial charge is 0.492 e. The van der Waals surface area contributed by atoms with Crippen LogP contribution in [0.1, 0.15) is 28.7 Å². The van der Waals surface area contributed by atoms with E-state index >= 15 is 0 Å². The van der Waals surface area contributed by atoms with E-state index in [4.69, 9.17) is 26.8 Å². The van der Waals surface area contributed by atoms with E-state index < -0.39 is 41.3 Å². The van der Waals surface area contributed by atoms with Crippen LogP contribution in [0.3, 0.4) is 0 Å². The number of thiocarbonyl (C=S) groups is 1. The van der Waals surface area contributed by atoms with E-state index in [2.05, 4.69) is 10.2 Å². The topological polar surface area (TPSA) is 108 Å². The molecule has 0 radical (unpaired) electrons. The first-order valence-corrected chi connectivity index (χ1v) is 17.0. The van der Waals surface area contributed by atoms with Crippen molar-refractivity contribution in [1.29, 1.82) is 0 Å². The molecule has 0 aromatic heterocycles. The van der Waals surface area contributed by atoms with Crippen LogP contribution in [0.5, 0.6) is 5.75 Å². The zero-order valence-corrected chi connectivity index (χ0v) is 28.8. The first kappa shape index (κ1) is 38.8. The minimum Gasteiger partial charge on any atom is -0.492 e. The molecule has 0 atom stereocenters. The summed E-state index contributed by atoms with van der Waals surface area (Å²) in [7, 11) is 0. The highest BCUT2D eigenvalue weighted by Gasteiger charge is 2.37. The van der Waals surface area contributed by atoms with Gasteiger partial charge < -0.3 is 19.9 Å². The number of carbonyl (C=O) groups is 3. The molecule has 2 fully saturated rings. The SMILES string of the molecule is O=C(O)Cc1cccc(NC(=O)CCN2C(=O)C(=Cc3cc(-c4cc(C(F)(F)F)cc(C(F)(F)F)c4)ccc3OCCN3CCOCC3)SC2=S)c1. The molecule has 2 amide bonds. The van der Waals surface area contributed by atoms with Crippen molar-refractivity contribution in [1.82, 2.24) is 9.80 Å². The Kier molecular flexibility index (Phi) is 12.3. The Balaban J connectivity index is 1.38. The van der Waals surface area contributed by atoms with Gasteiger partial charge in [-0.2, -0.15) is 26.3 Å². The van der Waals surface area contributed by atoms with Gasteiger partial charge in [-0.05, 0) is 65.2 Å². The molecule has 0 bridgehead atoms. The lowest BCUT2D eigenvalue weighted by atomic mass is 9.97. The standard InChI is InChI=1S/C35H31F6N3O6S2/c36-34(37,38)25-17-23(18-26(20-25)35(39,40)41)22-4-5-28(50-13-10-43-8-11-49-12-9-43)24(16-22)19-29-32(48)44(33(51)52-29)7-6-30(45)42-27-3-1-2-21(14-27)15-31(46)47/h1-5,14,16-20H,6-13,15H2,(H,42,45)(H,46,47). The van der Waals surface area contributed by atoms with Crippen molar-refractivity contribution in [2.75, 3.05) is 51.3 Å². The quantitative estimate of drug-likeness (QED) is 0.115. The average molecular weight is 768 g/mol. The summed E-state index contributed by atoms with van der Waals surface area (Å²) < 4.78 is 93.4. The number of carboxylic acid groups (broad SMARTS) is 1. The lowest BCUT2D eigenvalue weighted by molar-refractivity contribution is -0.143. The molecule has 2 aliphatic heterocycles. The number of thioether (sulfide) groups is 1. The van der Waals surface area contributed by atoms with Crippen LogP contribution in [-0.4, -0.2) is 83.0 Å². The highest BCUT2D eigenvalue weighted by molar-refractivity contribution is 8.26. The number of hydrogen-bond acceptors (Lipinski definition) is 8. The molecule has 0 spiro atoms. The monoisotopic (exact) mass is 767 g/mol. The van der Waals surface area contributed by atoms with Crippen LogP contribution < -0.4 is 10.1 Å². The van der Waals surface area contributed by atoms with E-state index in [1.165, 1.54) is 35.2 Å². The normalized spacial score (nSPS) is 16.4. The second-order valence-corrected chi connectivity index (χ2v) is 13.4. The van der Waals surface area contributed by atoms with Gasteiger partial charge in [-0.1, -0.05) is 42.2 Å². The van der Waals surface area contributed by atoms with Crippen molar-refractivity contribution in [3.05, 3.63) is 87.8 Å². The van der Waals surface area contributed by atoms with Crippen LogP contribution in [0, 0.1) is 0 Å². The van der Waals surface area contributed by atoms with Gasteiger partial charge in [0.1, 0.15) is 16.7 Å². The van der Waals surface area contributed by atoms with Gasteiger partial charge in [-0.15, -0.1) is 0 Å². The molecule has 5 rings (SSSR count). The number of carbonyl (C=O) groups excluding carboxylic acids is 2. The highest BCUT2D eigenvalue weighted by atomic mass is 32.2. The summed E-state index contributed by atoms with van der Waals surface area (Å²) in [6.07, 6.45) is -9.08. The summed E-state index contributed by atoms with van der Waals surface area (Å²) in [5, 5.41) is 11.7. The number of morpholine rings is 1. The Labute approximate surface area is 303 Å². The summed E-state index contributed by atoms with van der Waals surface area (Å²) in [6, 6.07) is 11.7. The lowest BCUT2D eigenvalue weighted by Crippen LogP contribution is -2.38. The van der Waals surface area contributed by atoms with Gasteiger partial charge in [0.05, 0.1) is 35.7 Å². The Morgan fingerprint density at radius 3 is 2.29 bits per heavy atom. The maximum absolute atomic E-state index is 13.6. The van der Waals surface area contributed by atoms with Crippen molar-refractivity contribution in [2.24, 2.45) is 0 Å². The van der Waals surface area contributed by atoms with E-state index in [-0.39, 0.29) is 63.7 Å². The number of amides is 2. The molecule has 2 saturated heterocycles. The van der Waals surface area contributed by atoms with E-state index in [1.54, 1.807) is 18.2 Å². The minimum atomic E-state index is -5.04. The third-order valence-electron chi connectivity index (χ3n) is 7.99. The molecule has 0 saturated carbocycles. The lowest BCUT2D eigenvalue weighted by Gasteiger charge is -2.26. The van der Waals surface area contributed by atoms with Crippen LogP contribution in [0.15, 0.2) is 65.6 Å². The molecular weight excluding hydrogens is 737 g/mol. The average Bonchev–Trinajstić information content (AvgIpc) is 3.34. The number of anilines is 1. The van der Waals surface area contributed by atoms with Gasteiger partial charge in [-0.3, -0.25) is 24.2 Å². The van der Waals surface area contributed by atoms with Crippen LogP contribution in [0.4, 0.5) is 32.0 Å². The maximum atomic E-state index is 13.6. The predicted molar refractivity (Wildman–Crippen MR) is 186 cm³/mol. The van der Waals surface area contributed by atoms with Crippen LogP contribution in [0.25, 0.3) is 17.2 Å². The predicted octanol–water partition coefficient (Wildman–Crippen LogP) is 6.96. The van der Waals surface area contributed by atoms with Gasteiger partial charge in [0.2, 0.25) is 5.91 Å². The molecule has 0 unspecified atom stereocenters. The number of halogens is 6. The molecule has 3 aromatic carbocycles. The number of aliphatic carboxylic acids is 1. The van der Waals surface area contributed by atoms with Gasteiger partial charge in [0.25, 0.3) is 5.91 Å². The molecule has 17 heteroatoms. The number of alkyl halides is 6. The third-order valence-corrected chi connectivity index (χ3v) is 9.37. The Bertz CT molecular complexity index is 1850. The summed E-state index contributed by atoms with van der Waals surface area (Å²) in [5.74, 6) is -1.83. The molecule has 2 aliphatic rings. The maximum Gasteiger partial charge on any atom is 0.416 e. The number of nitrogens with zero attached hydrogens (tertiary/aromatic N) is 2. The molecule has 52 heavy (non-hydrogen) atoms. The molecule has 3 aromatic rings. The number of rotatable bonds is 12. The van der Waals surface area contributed by atoms with E-state index in [1.807, 2.05) is 0 Å². The molecule has 2 heterocycles. The summed E-state index contributed by atoms with van der Waals surface area (Å²) in [5.41, 5.74) is -2.20. The number of carboxylic acids is 1. The van der Waals surface area contributed by atoms with Gasteiger partial charge in [0, 0.05) is 43.9 Å². The highest BCUT2D eigenvalue weighted by Crippen LogP contribution is 2.40. The number of hydrogen-bond donors (Lipinski definition) is 2. The Morgan fingerprint density at radius 1 is 0.942 bits per heavy atom. The van der Waals surface area contributed by atoms with Crippen molar-refractivity contribution in [2.45, 2.75) is 25.2 Å². The van der Waals surface area contributed by atoms with Crippen molar-refractivity contribution in [3.63, 3.8) is 0 Å². The van der Waals surface area contributed by atoms with Crippen LogP contribution in [-0.2, 0) is 37.9 Å². The number of nitrogens with one attached hydrogen (secondary N) is 1. The fraction of sp³-hybridized carbons (Fsp3) is 0.314. The first-order chi connectivity index (χ1) is 24.6. The van der Waals surface area contributed by atoms with Gasteiger partial charge in [0.15, 0.2) is 0 Å². The summed E-state index contributed by atoms with van der Waals surface area (Å²) >= 11 is 6.32. The van der Waals surface area contributed by atoms with E-state index in [0.717, 1.165) is 11.8 Å². The van der Waals surface area contributed by atoms with Gasteiger partial charge in [-0.25, -0.2) is 0 Å². The first-order valence-electron chi connectivity index (χ1n) is 15.8. The van der Waals surface area contributed by atoms with E-state index in [0.29, 0.717) is 56.2 Å². The smallest absolute Gasteiger partial charge is 0.416 e. The molecule has 2 N–H and O–H groups in total. The van der Waals surface area contributed by atoms with Crippen molar-refractivity contribution in [3.8, 4) is 16.9 Å². The molecule has 9 nitrogen and oxygen atoms in total. The van der Waals surface area contributed by atoms with Crippen molar-refractivity contribution < 1.29 is 55.3 Å². The third kappa shape index (κ3) is 10.3. The molecule has 276 valence electrons. The number of ether oxygens (including phenoxy) is 2. The Morgan fingerprint density at radius 2 is 1.63 bits per heavy atom. The Hall–Kier alpha value is -4.45. The zero-order valence-electron chi connectivity index (χ0n) is 27.2. The summed E-state index contributed by atoms with van der Waals surface area (Å²) in [6.45, 7) is 3.09. The van der Waals surface area contributed by atoms with Gasteiger partial charge >= 0.3 is 18.3 Å². The summed E-state index contributed by atoms with van der Waals surface area (Å²) in [4.78, 5) is 40.6. The molecular formula is C35H31F6N3O6S2. The molecule has 0 aliphatic carbocycles. The zero-order chi connectivity index (χ0) is 37.6. The van der Waals surface area contributed by atoms with Crippen molar-refractivity contribution >= 4 is 57.8 Å². The second kappa shape index (κ2) is 16.5. The number of benzene rings is 3. The van der Waals surface area contributed by atoms with Crippen LogP contribution in [0.2, 0.25) is 0 Å². The fourth-order valence-electron chi connectivity index (χ4n) is 5.41. The van der Waals surface area contributed by atoms with Crippen LogP contribution >= 0.6 is 24.0 Å². The van der Waals surface area contributed by atoms with E-state index in [9.17, 15) is 40.7 Å².